The lowest BCUT2D eigenvalue weighted by molar-refractivity contribution is 0.547. The fraction of sp³-hybridized carbons (Fsp3) is 0. The molecule has 0 amide bonds. The van der Waals surface area contributed by atoms with Gasteiger partial charge in [0.15, 0.2) is 11.6 Å². The van der Waals surface area contributed by atoms with Crippen molar-refractivity contribution in [3.63, 3.8) is 0 Å². The fourth-order valence-corrected chi connectivity index (χ4v) is 0.667. The van der Waals surface area contributed by atoms with E-state index in [-0.39, 0.29) is 5.75 Å². The lowest BCUT2D eigenvalue weighted by atomic mass is 10.3. The van der Waals surface area contributed by atoms with Gasteiger partial charge < -0.3 is 4.18 Å². The Balaban J connectivity index is 3.01. The van der Waals surface area contributed by atoms with Gasteiger partial charge in [0.05, 0.1) is 0 Å². The summed E-state index contributed by atoms with van der Waals surface area (Å²) in [6.45, 7) is 0. The highest BCUT2D eigenvalue weighted by Crippen LogP contribution is 2.15. The third-order valence-corrected chi connectivity index (χ3v) is 1.13. The van der Waals surface area contributed by atoms with Crippen LogP contribution in [0, 0.1) is 5.82 Å². The molecule has 0 N–H and O–H groups in total. The second-order valence-corrected chi connectivity index (χ2v) is 1.70. The first-order valence-corrected chi connectivity index (χ1v) is 2.77. The van der Waals surface area contributed by atoms with Crippen LogP contribution in [0.15, 0.2) is 24.3 Å². The largest absolute Gasteiger partial charge is 0.426 e. The quantitative estimate of drug-likeness (QED) is 0.468. The lowest BCUT2D eigenvalue weighted by Gasteiger charge is -1.95. The predicted octanol–water partition coefficient (Wildman–Crippen LogP) is 2.05. The van der Waals surface area contributed by atoms with Crippen LogP contribution in [-0.2, 0) is 0 Å². The standard InChI is InChI=1S/C6H5FOS/c7-5-3-1-2-4-6(5)8-9/h1-4,9H. The Kier molecular flexibility index (Phi) is 1.95. The van der Waals surface area contributed by atoms with Crippen molar-refractivity contribution >= 4 is 12.9 Å². The Morgan fingerprint density at radius 1 is 1.33 bits per heavy atom. The average molecular weight is 144 g/mol. The molecule has 0 heterocycles. The number of hydrogen-bond donors (Lipinski definition) is 1. The van der Waals surface area contributed by atoms with Gasteiger partial charge in [-0.2, -0.15) is 0 Å². The summed E-state index contributed by atoms with van der Waals surface area (Å²) < 4.78 is 16.8. The summed E-state index contributed by atoms with van der Waals surface area (Å²) in [6.07, 6.45) is 0. The number of thiol groups is 1. The van der Waals surface area contributed by atoms with E-state index in [0.29, 0.717) is 0 Å². The predicted molar refractivity (Wildman–Crippen MR) is 36.0 cm³/mol. The van der Waals surface area contributed by atoms with Gasteiger partial charge in [-0.15, -0.1) is 0 Å². The Morgan fingerprint density at radius 2 is 2.00 bits per heavy atom. The van der Waals surface area contributed by atoms with Gasteiger partial charge in [0, 0.05) is 12.9 Å². The number of benzene rings is 1. The summed E-state index contributed by atoms with van der Waals surface area (Å²) in [5.41, 5.74) is 0. The zero-order valence-corrected chi connectivity index (χ0v) is 5.44. The molecule has 0 saturated heterocycles. The third-order valence-electron chi connectivity index (χ3n) is 0.935. The Morgan fingerprint density at radius 3 is 2.44 bits per heavy atom. The van der Waals surface area contributed by atoms with Crippen LogP contribution in [0.5, 0.6) is 5.75 Å². The summed E-state index contributed by atoms with van der Waals surface area (Å²) >= 11 is 3.44. The van der Waals surface area contributed by atoms with Crippen molar-refractivity contribution in [1.29, 1.82) is 0 Å². The molecule has 0 aliphatic heterocycles. The zero-order valence-electron chi connectivity index (χ0n) is 4.54. The van der Waals surface area contributed by atoms with Crippen LogP contribution >= 0.6 is 12.9 Å². The maximum absolute atomic E-state index is 12.4. The number of hydrogen-bond acceptors (Lipinski definition) is 2. The van der Waals surface area contributed by atoms with E-state index in [9.17, 15) is 4.39 Å². The summed E-state index contributed by atoms with van der Waals surface area (Å²) in [7, 11) is 0. The van der Waals surface area contributed by atoms with Crippen molar-refractivity contribution in [2.75, 3.05) is 0 Å². The van der Waals surface area contributed by atoms with E-state index >= 15 is 0 Å². The monoisotopic (exact) mass is 144 g/mol. The van der Waals surface area contributed by atoms with Crippen LogP contribution < -0.4 is 4.18 Å². The molecule has 1 aromatic rings. The van der Waals surface area contributed by atoms with Crippen LogP contribution in [0.1, 0.15) is 0 Å². The van der Waals surface area contributed by atoms with E-state index < -0.39 is 5.82 Å². The van der Waals surface area contributed by atoms with Gasteiger partial charge in [0.1, 0.15) is 0 Å². The lowest BCUT2D eigenvalue weighted by Crippen LogP contribution is -1.79. The molecule has 1 aromatic carbocycles. The SMILES string of the molecule is Fc1ccccc1OS. The van der Waals surface area contributed by atoms with Crippen LogP contribution in [0.2, 0.25) is 0 Å². The van der Waals surface area contributed by atoms with E-state index in [2.05, 4.69) is 17.1 Å². The highest BCUT2D eigenvalue weighted by Gasteiger charge is 1.96. The first-order chi connectivity index (χ1) is 4.34. The van der Waals surface area contributed by atoms with E-state index in [0.717, 1.165) is 0 Å². The molecule has 0 unspecified atom stereocenters. The van der Waals surface area contributed by atoms with Crippen LogP contribution in [0.4, 0.5) is 4.39 Å². The first kappa shape index (κ1) is 6.42. The van der Waals surface area contributed by atoms with E-state index in [1.165, 1.54) is 12.1 Å². The molecule has 0 aliphatic carbocycles. The summed E-state index contributed by atoms with van der Waals surface area (Å²) in [5, 5.41) is 0. The molecular formula is C6H5FOS. The minimum atomic E-state index is -0.396. The van der Waals surface area contributed by atoms with E-state index in [4.69, 9.17) is 0 Å². The maximum Gasteiger partial charge on any atom is 0.172 e. The summed E-state index contributed by atoms with van der Waals surface area (Å²) in [4.78, 5) is 0. The van der Waals surface area contributed by atoms with Gasteiger partial charge >= 0.3 is 0 Å². The molecule has 48 valence electrons. The molecule has 0 bridgehead atoms. The van der Waals surface area contributed by atoms with Crippen molar-refractivity contribution in [2.24, 2.45) is 0 Å². The smallest absolute Gasteiger partial charge is 0.172 e. The maximum atomic E-state index is 12.4. The second-order valence-electron chi connectivity index (χ2n) is 1.52. The van der Waals surface area contributed by atoms with Gasteiger partial charge in [-0.1, -0.05) is 12.1 Å². The molecule has 9 heavy (non-hydrogen) atoms. The Hall–Kier alpha value is -0.700. The molecule has 0 aromatic heterocycles. The summed E-state index contributed by atoms with van der Waals surface area (Å²) in [6, 6.07) is 6.08. The van der Waals surface area contributed by atoms with Gasteiger partial charge in [-0.25, -0.2) is 4.39 Å². The molecule has 0 radical (unpaired) electrons. The van der Waals surface area contributed by atoms with Crippen LogP contribution in [0.3, 0.4) is 0 Å². The highest BCUT2D eigenvalue weighted by molar-refractivity contribution is 7.75. The molecule has 1 nitrogen and oxygen atoms in total. The van der Waals surface area contributed by atoms with Crippen LogP contribution in [0.25, 0.3) is 0 Å². The molecule has 0 saturated carbocycles. The molecule has 0 fully saturated rings. The molecule has 3 heteroatoms. The minimum absolute atomic E-state index is 0.154. The topological polar surface area (TPSA) is 9.23 Å². The average Bonchev–Trinajstić information content (AvgIpc) is 1.89. The Labute approximate surface area is 58.1 Å². The van der Waals surface area contributed by atoms with Gasteiger partial charge in [-0.3, -0.25) is 0 Å². The van der Waals surface area contributed by atoms with Gasteiger partial charge in [-0.05, 0) is 12.1 Å². The van der Waals surface area contributed by atoms with Crippen molar-refractivity contribution in [1.82, 2.24) is 0 Å². The summed E-state index contributed by atoms with van der Waals surface area (Å²) in [5.74, 6) is -0.242. The zero-order chi connectivity index (χ0) is 6.69. The highest BCUT2D eigenvalue weighted by atomic mass is 32.1. The second kappa shape index (κ2) is 2.73. The van der Waals surface area contributed by atoms with Gasteiger partial charge in [0.25, 0.3) is 0 Å². The minimum Gasteiger partial charge on any atom is -0.426 e. The van der Waals surface area contributed by atoms with Crippen molar-refractivity contribution in [3.05, 3.63) is 30.1 Å². The normalized spacial score (nSPS) is 9.11. The number of para-hydroxylation sites is 1. The van der Waals surface area contributed by atoms with Crippen molar-refractivity contribution in [2.45, 2.75) is 0 Å². The number of rotatable bonds is 1. The molecule has 1 rings (SSSR count). The molecular weight excluding hydrogens is 139 g/mol. The van der Waals surface area contributed by atoms with E-state index in [1.54, 1.807) is 12.1 Å². The number of halogens is 1. The molecule has 0 spiro atoms. The first-order valence-electron chi connectivity index (χ1n) is 2.40. The van der Waals surface area contributed by atoms with E-state index in [1.807, 2.05) is 0 Å². The molecule has 0 atom stereocenters. The fourth-order valence-electron chi connectivity index (χ4n) is 0.519. The van der Waals surface area contributed by atoms with Gasteiger partial charge in [0.2, 0.25) is 0 Å². The van der Waals surface area contributed by atoms with Crippen LogP contribution in [-0.4, -0.2) is 0 Å². The molecule has 0 aliphatic rings. The van der Waals surface area contributed by atoms with Crippen molar-refractivity contribution < 1.29 is 8.57 Å². The Bertz CT molecular complexity index is 202. The third kappa shape index (κ3) is 1.36. The van der Waals surface area contributed by atoms with Crippen molar-refractivity contribution in [3.8, 4) is 5.75 Å².